The fourth-order valence-corrected chi connectivity index (χ4v) is 3.46. The van der Waals surface area contributed by atoms with Crippen LogP contribution in [0, 0.1) is 20.8 Å². The highest BCUT2D eigenvalue weighted by atomic mass is 32.2. The molecule has 0 atom stereocenters. The number of aryl methyl sites for hydroxylation is 3. The largest absolute Gasteiger partial charge is 0.277 e. The van der Waals surface area contributed by atoms with Crippen molar-refractivity contribution in [2.45, 2.75) is 25.7 Å². The van der Waals surface area contributed by atoms with E-state index >= 15 is 0 Å². The van der Waals surface area contributed by atoms with Crippen molar-refractivity contribution >= 4 is 15.7 Å². The highest BCUT2D eigenvalue weighted by molar-refractivity contribution is 7.92. The second kappa shape index (κ2) is 6.13. The Balaban J connectivity index is 2.02. The lowest BCUT2D eigenvalue weighted by molar-refractivity contribution is 0.601. The first kappa shape index (κ1) is 16.3. The summed E-state index contributed by atoms with van der Waals surface area (Å²) in [5, 5.41) is 4.38. The van der Waals surface area contributed by atoms with Crippen LogP contribution in [0.2, 0.25) is 0 Å². The minimum atomic E-state index is -3.66. The summed E-state index contributed by atoms with van der Waals surface area (Å²) in [5.74, 6) is 0. The zero-order valence-corrected chi connectivity index (χ0v) is 14.6. The number of benzene rings is 2. The maximum Gasteiger partial charge on any atom is 0.261 e. The highest BCUT2D eigenvalue weighted by Crippen LogP contribution is 2.24. The first-order valence-corrected chi connectivity index (χ1v) is 9.06. The molecule has 0 saturated carbocycles. The number of rotatable bonds is 4. The van der Waals surface area contributed by atoms with E-state index in [0.717, 1.165) is 16.8 Å². The summed E-state index contributed by atoms with van der Waals surface area (Å²) in [6, 6.07) is 14.2. The molecular formula is C18H19N3O2S. The van der Waals surface area contributed by atoms with Crippen molar-refractivity contribution in [1.82, 2.24) is 9.78 Å². The molecule has 1 heterocycles. The first-order chi connectivity index (χ1) is 11.3. The van der Waals surface area contributed by atoms with Crippen LogP contribution in [0.1, 0.15) is 16.8 Å². The molecule has 0 aliphatic carbocycles. The Morgan fingerprint density at radius 3 is 2.21 bits per heavy atom. The van der Waals surface area contributed by atoms with Crippen molar-refractivity contribution in [3.05, 3.63) is 71.5 Å². The molecule has 6 heteroatoms. The molecule has 5 nitrogen and oxygen atoms in total. The van der Waals surface area contributed by atoms with Gasteiger partial charge in [-0.2, -0.15) is 5.10 Å². The third kappa shape index (κ3) is 3.33. The fourth-order valence-electron chi connectivity index (χ4n) is 2.39. The van der Waals surface area contributed by atoms with Gasteiger partial charge in [0, 0.05) is 6.20 Å². The van der Waals surface area contributed by atoms with Gasteiger partial charge in [0.15, 0.2) is 0 Å². The van der Waals surface area contributed by atoms with E-state index in [1.165, 1.54) is 0 Å². The van der Waals surface area contributed by atoms with E-state index in [0.29, 0.717) is 11.4 Å². The lowest BCUT2D eigenvalue weighted by Gasteiger charge is -2.14. The van der Waals surface area contributed by atoms with Crippen LogP contribution >= 0.6 is 0 Å². The van der Waals surface area contributed by atoms with E-state index in [9.17, 15) is 8.42 Å². The van der Waals surface area contributed by atoms with Crippen molar-refractivity contribution in [3.8, 4) is 5.69 Å². The van der Waals surface area contributed by atoms with E-state index in [1.807, 2.05) is 45.2 Å². The van der Waals surface area contributed by atoms with Gasteiger partial charge in [0.1, 0.15) is 0 Å². The van der Waals surface area contributed by atoms with Gasteiger partial charge in [0.05, 0.1) is 22.0 Å². The van der Waals surface area contributed by atoms with Gasteiger partial charge in [-0.1, -0.05) is 23.8 Å². The summed E-state index contributed by atoms with van der Waals surface area (Å²) in [4.78, 5) is 0.233. The van der Waals surface area contributed by atoms with Crippen LogP contribution < -0.4 is 4.72 Å². The summed E-state index contributed by atoms with van der Waals surface area (Å²) in [6.07, 6.45) is 1.81. The Bertz CT molecular complexity index is 974. The second-order valence-electron chi connectivity index (χ2n) is 5.84. The molecule has 0 amide bonds. The molecule has 24 heavy (non-hydrogen) atoms. The predicted molar refractivity (Wildman–Crippen MR) is 95.0 cm³/mol. The smallest absolute Gasteiger partial charge is 0.261 e. The molecule has 0 aliphatic rings. The molecule has 0 unspecified atom stereocenters. The predicted octanol–water partition coefficient (Wildman–Crippen LogP) is 3.60. The maximum absolute atomic E-state index is 12.6. The monoisotopic (exact) mass is 341 g/mol. The van der Waals surface area contributed by atoms with Crippen molar-refractivity contribution in [3.63, 3.8) is 0 Å². The molecule has 0 aliphatic heterocycles. The lowest BCUT2D eigenvalue weighted by atomic mass is 10.2. The van der Waals surface area contributed by atoms with Gasteiger partial charge < -0.3 is 0 Å². The van der Waals surface area contributed by atoms with E-state index in [1.54, 1.807) is 35.0 Å². The second-order valence-corrected chi connectivity index (χ2v) is 7.52. The summed E-state index contributed by atoms with van der Waals surface area (Å²) in [5.41, 5.74) is 4.08. The van der Waals surface area contributed by atoms with E-state index < -0.39 is 10.0 Å². The van der Waals surface area contributed by atoms with Crippen LogP contribution in [0.15, 0.2) is 59.6 Å². The Labute approximate surface area is 142 Å². The summed E-state index contributed by atoms with van der Waals surface area (Å²) in [7, 11) is -3.66. The Morgan fingerprint density at radius 1 is 0.917 bits per heavy atom. The SMILES string of the molecule is Cc1ccc(S(=O)(=O)Nc2ccc(C)cc2-n2ccc(C)n2)cc1. The summed E-state index contributed by atoms with van der Waals surface area (Å²) >= 11 is 0. The zero-order chi connectivity index (χ0) is 17.3. The molecule has 1 aromatic heterocycles. The number of nitrogens with one attached hydrogen (secondary N) is 1. The number of hydrogen-bond donors (Lipinski definition) is 1. The molecule has 0 saturated heterocycles. The van der Waals surface area contributed by atoms with Crippen molar-refractivity contribution < 1.29 is 8.42 Å². The van der Waals surface area contributed by atoms with Crippen molar-refractivity contribution in [2.75, 3.05) is 4.72 Å². The first-order valence-electron chi connectivity index (χ1n) is 7.58. The molecule has 1 N–H and O–H groups in total. The lowest BCUT2D eigenvalue weighted by Crippen LogP contribution is -2.15. The van der Waals surface area contributed by atoms with Gasteiger partial charge >= 0.3 is 0 Å². The molecule has 0 spiro atoms. The van der Waals surface area contributed by atoms with Gasteiger partial charge in [-0.05, 0) is 56.7 Å². The number of aromatic nitrogens is 2. The van der Waals surface area contributed by atoms with Crippen molar-refractivity contribution in [2.24, 2.45) is 0 Å². The van der Waals surface area contributed by atoms with Crippen LogP contribution in [-0.4, -0.2) is 18.2 Å². The van der Waals surface area contributed by atoms with Crippen LogP contribution in [0.3, 0.4) is 0 Å². The van der Waals surface area contributed by atoms with Crippen molar-refractivity contribution in [1.29, 1.82) is 0 Å². The number of hydrogen-bond acceptors (Lipinski definition) is 3. The topological polar surface area (TPSA) is 64.0 Å². The van der Waals surface area contributed by atoms with E-state index in [2.05, 4.69) is 9.82 Å². The van der Waals surface area contributed by atoms with Gasteiger partial charge in [-0.25, -0.2) is 13.1 Å². The molecule has 3 rings (SSSR count). The molecule has 2 aromatic carbocycles. The van der Waals surface area contributed by atoms with Gasteiger partial charge in [0.2, 0.25) is 0 Å². The minimum absolute atomic E-state index is 0.233. The van der Waals surface area contributed by atoms with Crippen LogP contribution in [-0.2, 0) is 10.0 Å². The Hall–Kier alpha value is -2.60. The van der Waals surface area contributed by atoms with E-state index in [4.69, 9.17) is 0 Å². The Morgan fingerprint density at radius 2 is 1.58 bits per heavy atom. The van der Waals surface area contributed by atoms with Crippen LogP contribution in [0.5, 0.6) is 0 Å². The molecule has 3 aromatic rings. The number of anilines is 1. The quantitative estimate of drug-likeness (QED) is 0.788. The highest BCUT2D eigenvalue weighted by Gasteiger charge is 2.17. The summed E-state index contributed by atoms with van der Waals surface area (Å²) < 4.78 is 29.6. The molecule has 0 fully saturated rings. The summed E-state index contributed by atoms with van der Waals surface area (Å²) in [6.45, 7) is 5.77. The molecular weight excluding hydrogens is 322 g/mol. The van der Waals surface area contributed by atoms with Gasteiger partial charge in [-0.15, -0.1) is 0 Å². The average Bonchev–Trinajstić information content (AvgIpc) is 2.96. The minimum Gasteiger partial charge on any atom is -0.277 e. The van der Waals surface area contributed by atoms with Crippen LogP contribution in [0.25, 0.3) is 5.69 Å². The average molecular weight is 341 g/mol. The van der Waals surface area contributed by atoms with E-state index in [-0.39, 0.29) is 4.90 Å². The fraction of sp³-hybridized carbons (Fsp3) is 0.167. The molecule has 124 valence electrons. The normalized spacial score (nSPS) is 11.5. The Kier molecular flexibility index (Phi) is 4.15. The molecule has 0 bridgehead atoms. The van der Waals surface area contributed by atoms with Gasteiger partial charge in [0.25, 0.3) is 10.0 Å². The number of sulfonamides is 1. The standard InChI is InChI=1S/C18H19N3O2S/c1-13-4-7-16(8-5-13)24(22,23)20-17-9-6-14(2)12-18(17)21-11-10-15(3)19-21/h4-12,20H,1-3H3. The number of nitrogens with zero attached hydrogens (tertiary/aromatic N) is 2. The van der Waals surface area contributed by atoms with Gasteiger partial charge in [-0.3, -0.25) is 4.72 Å². The maximum atomic E-state index is 12.6. The third-order valence-electron chi connectivity index (χ3n) is 3.70. The zero-order valence-electron chi connectivity index (χ0n) is 13.8. The third-order valence-corrected chi connectivity index (χ3v) is 5.08. The van der Waals surface area contributed by atoms with Crippen LogP contribution in [0.4, 0.5) is 5.69 Å². The molecule has 0 radical (unpaired) electrons.